The Kier molecular flexibility index (Phi) is 15.1. The van der Waals surface area contributed by atoms with Gasteiger partial charge in [-0.05, 0) is 19.3 Å². The maximum Gasteiger partial charge on any atom is 0.537 e. The topological polar surface area (TPSA) is 78.9 Å². The van der Waals surface area contributed by atoms with Crippen LogP contribution in [0.3, 0.4) is 0 Å². The molecule has 0 aromatic carbocycles. The predicted molar refractivity (Wildman–Crippen MR) is 111 cm³/mol. The normalized spacial score (nSPS) is 15.2. The van der Waals surface area contributed by atoms with Crippen LogP contribution in [0.1, 0.15) is 99.3 Å². The van der Waals surface area contributed by atoms with E-state index in [4.69, 9.17) is 13.6 Å². The molecule has 164 valence electrons. The molecule has 0 aliphatic rings. The van der Waals surface area contributed by atoms with E-state index in [1.54, 1.807) is 20.8 Å². The van der Waals surface area contributed by atoms with Gasteiger partial charge in [0.25, 0.3) is 0 Å². The van der Waals surface area contributed by atoms with Crippen LogP contribution in [0, 0.1) is 17.8 Å². The quantitative estimate of drug-likeness (QED) is 0.289. The van der Waals surface area contributed by atoms with Gasteiger partial charge < -0.3 is 13.6 Å². The fourth-order valence-electron chi connectivity index (χ4n) is 2.43. The van der Waals surface area contributed by atoms with Gasteiger partial charge in [-0.25, -0.2) is 0 Å². The van der Waals surface area contributed by atoms with E-state index in [9.17, 15) is 14.4 Å². The molecule has 0 aliphatic carbocycles. The van der Waals surface area contributed by atoms with E-state index < -0.39 is 26.5 Å². The summed E-state index contributed by atoms with van der Waals surface area (Å²) in [5.74, 6) is -2.50. The molecular weight excluding hydrogens is 379 g/mol. The summed E-state index contributed by atoms with van der Waals surface area (Å²) in [6.45, 7) is 11.4. The zero-order valence-corrected chi connectivity index (χ0v) is 19.4. The summed E-state index contributed by atoms with van der Waals surface area (Å²) < 4.78 is 15.9. The lowest BCUT2D eigenvalue weighted by Gasteiger charge is -2.20. The summed E-state index contributed by atoms with van der Waals surface area (Å²) >= 11 is 0. The number of hydrogen-bond donors (Lipinski definition) is 0. The van der Waals surface area contributed by atoms with Gasteiger partial charge in [0.05, 0.1) is 17.8 Å². The van der Waals surface area contributed by atoms with E-state index in [0.717, 1.165) is 38.5 Å². The van der Waals surface area contributed by atoms with Crippen LogP contribution in [0.4, 0.5) is 0 Å². The van der Waals surface area contributed by atoms with Gasteiger partial charge in [-0.3, -0.25) is 14.4 Å². The first-order valence-electron chi connectivity index (χ1n) is 10.7. The van der Waals surface area contributed by atoms with Gasteiger partial charge in [0.2, 0.25) is 0 Å². The minimum Gasteiger partial charge on any atom is -0.375 e. The molecule has 0 saturated heterocycles. The Morgan fingerprint density at radius 1 is 0.607 bits per heavy atom. The molecule has 3 unspecified atom stereocenters. The van der Waals surface area contributed by atoms with Gasteiger partial charge in [0, 0.05) is 0 Å². The molecule has 0 aliphatic heterocycles. The molecule has 0 aromatic heterocycles. The molecule has 0 bridgehead atoms. The van der Waals surface area contributed by atoms with E-state index in [1.165, 1.54) is 0 Å². The lowest BCUT2D eigenvalue weighted by Crippen LogP contribution is -2.20. The van der Waals surface area contributed by atoms with Crippen LogP contribution in [0.25, 0.3) is 0 Å². The lowest BCUT2D eigenvalue weighted by molar-refractivity contribution is -0.147. The van der Waals surface area contributed by atoms with Crippen molar-refractivity contribution >= 4 is 26.5 Å². The second-order valence-corrected chi connectivity index (χ2v) is 8.58. The molecule has 28 heavy (non-hydrogen) atoms. The van der Waals surface area contributed by atoms with Crippen molar-refractivity contribution in [3.8, 4) is 0 Å². The number of carbonyl (C=O) groups excluding carboxylic acids is 3. The highest BCUT2D eigenvalue weighted by molar-refractivity contribution is 7.43. The smallest absolute Gasteiger partial charge is 0.375 e. The summed E-state index contributed by atoms with van der Waals surface area (Å²) in [6, 6.07) is 0. The van der Waals surface area contributed by atoms with Crippen molar-refractivity contribution in [2.45, 2.75) is 99.3 Å². The summed E-state index contributed by atoms with van der Waals surface area (Å²) in [5.41, 5.74) is 0. The monoisotopic (exact) mass is 418 g/mol. The molecule has 0 aromatic rings. The second-order valence-electron chi connectivity index (χ2n) is 7.58. The first kappa shape index (κ1) is 26.8. The number of rotatable bonds is 15. The molecule has 0 radical (unpaired) electrons. The molecule has 7 heteroatoms. The Morgan fingerprint density at radius 3 is 1.07 bits per heavy atom. The van der Waals surface area contributed by atoms with Crippen LogP contribution in [0.5, 0.6) is 0 Å². The fourth-order valence-corrected chi connectivity index (χ4v) is 3.52. The highest BCUT2D eigenvalue weighted by Crippen LogP contribution is 2.43. The Labute approximate surface area is 172 Å². The lowest BCUT2D eigenvalue weighted by atomic mass is 10.1. The average Bonchev–Trinajstić information content (AvgIpc) is 2.67. The van der Waals surface area contributed by atoms with Gasteiger partial charge in [0.15, 0.2) is 0 Å². The molecule has 0 N–H and O–H groups in total. The SMILES string of the molecule is CCCCC(C)C(=O)OP(OC(=O)C(C)CCCC)OC(=O)C(C)CCCC. The molecule has 0 spiro atoms. The zero-order valence-electron chi connectivity index (χ0n) is 18.5. The molecule has 0 heterocycles. The van der Waals surface area contributed by atoms with Gasteiger partial charge in [-0.2, -0.15) is 0 Å². The Balaban J connectivity index is 4.96. The molecule has 0 fully saturated rings. The third-order valence-corrected chi connectivity index (χ3v) is 5.66. The van der Waals surface area contributed by atoms with E-state index in [2.05, 4.69) is 0 Å². The first-order valence-corrected chi connectivity index (χ1v) is 11.8. The molecule has 0 amide bonds. The van der Waals surface area contributed by atoms with Crippen LogP contribution in [-0.2, 0) is 28.0 Å². The average molecular weight is 419 g/mol. The van der Waals surface area contributed by atoms with E-state index in [0.29, 0.717) is 19.3 Å². The van der Waals surface area contributed by atoms with Crippen LogP contribution in [0.15, 0.2) is 0 Å². The van der Waals surface area contributed by atoms with Crippen molar-refractivity contribution in [3.05, 3.63) is 0 Å². The minimum atomic E-state index is -2.37. The second kappa shape index (κ2) is 15.7. The van der Waals surface area contributed by atoms with Crippen LogP contribution in [-0.4, -0.2) is 17.9 Å². The van der Waals surface area contributed by atoms with Crippen molar-refractivity contribution in [1.29, 1.82) is 0 Å². The van der Waals surface area contributed by atoms with Crippen LogP contribution < -0.4 is 0 Å². The molecule has 3 atom stereocenters. The van der Waals surface area contributed by atoms with Gasteiger partial charge in [-0.15, -0.1) is 0 Å². The molecule has 0 saturated carbocycles. The predicted octanol–water partition coefficient (Wildman–Crippen LogP) is 6.32. The highest BCUT2D eigenvalue weighted by atomic mass is 31.2. The Hall–Kier alpha value is -1.16. The maximum absolute atomic E-state index is 12.3. The number of hydrogen-bond acceptors (Lipinski definition) is 6. The third kappa shape index (κ3) is 11.6. The summed E-state index contributed by atoms with van der Waals surface area (Å²) in [6.07, 6.45) is 7.66. The van der Waals surface area contributed by atoms with Crippen molar-refractivity contribution in [2.75, 3.05) is 0 Å². The van der Waals surface area contributed by atoms with Crippen molar-refractivity contribution < 1.29 is 28.0 Å². The zero-order chi connectivity index (χ0) is 21.5. The fraction of sp³-hybridized carbons (Fsp3) is 0.857. The highest BCUT2D eigenvalue weighted by Gasteiger charge is 2.32. The van der Waals surface area contributed by atoms with E-state index in [-0.39, 0.29) is 17.8 Å². The summed E-state index contributed by atoms with van der Waals surface area (Å²) in [7, 11) is -2.37. The Morgan fingerprint density at radius 2 is 0.857 bits per heavy atom. The van der Waals surface area contributed by atoms with Gasteiger partial charge in [0.1, 0.15) is 0 Å². The maximum atomic E-state index is 12.3. The summed E-state index contributed by atoms with van der Waals surface area (Å²) in [4.78, 5) is 37.0. The van der Waals surface area contributed by atoms with Crippen LogP contribution in [0.2, 0.25) is 0 Å². The summed E-state index contributed by atoms with van der Waals surface area (Å²) in [5, 5.41) is 0. The first-order chi connectivity index (χ1) is 13.3. The molecule has 6 nitrogen and oxygen atoms in total. The van der Waals surface area contributed by atoms with Gasteiger partial charge >= 0.3 is 26.5 Å². The number of carbonyl (C=O) groups is 3. The van der Waals surface area contributed by atoms with Gasteiger partial charge in [-0.1, -0.05) is 80.1 Å². The van der Waals surface area contributed by atoms with E-state index in [1.807, 2.05) is 20.8 Å². The Bertz CT molecular complexity index is 401. The van der Waals surface area contributed by atoms with Crippen molar-refractivity contribution in [1.82, 2.24) is 0 Å². The van der Waals surface area contributed by atoms with E-state index >= 15 is 0 Å². The van der Waals surface area contributed by atoms with Crippen LogP contribution >= 0.6 is 8.60 Å². The van der Waals surface area contributed by atoms with Crippen molar-refractivity contribution in [3.63, 3.8) is 0 Å². The largest absolute Gasteiger partial charge is 0.537 e. The minimum absolute atomic E-state index is 0.336. The third-order valence-electron chi connectivity index (χ3n) is 4.67. The number of unbranched alkanes of at least 4 members (excludes halogenated alkanes) is 3. The van der Waals surface area contributed by atoms with Crippen molar-refractivity contribution in [2.24, 2.45) is 17.8 Å². The molecular formula is C21H39O6P. The molecule has 0 rings (SSSR count). The standard InChI is InChI=1S/C21H39O6P/c1-7-10-13-16(4)19(22)25-28(26-20(23)17(5)14-11-8-2)27-21(24)18(6)15-12-9-3/h16-18H,7-15H2,1-6H3.